The van der Waals surface area contributed by atoms with Crippen molar-refractivity contribution < 1.29 is 9.53 Å². The van der Waals surface area contributed by atoms with Gasteiger partial charge in [-0.25, -0.2) is 0 Å². The standard InChI is InChI=1S/C22H29N3O2/c1-22(13-6-14-25(2)16-22)15-23-21(26)19-7-4-5-8-20(19)24-17-9-11-18(27-3)12-10-17/h4-5,7-12,24H,6,13-16H2,1-3H3,(H,23,26)/t22-/m0/s1. The molecule has 3 rings (SSSR count). The highest BCUT2D eigenvalue weighted by molar-refractivity contribution is 6.00. The molecular weight excluding hydrogens is 338 g/mol. The second-order valence-corrected chi connectivity index (χ2v) is 7.73. The van der Waals surface area contributed by atoms with Gasteiger partial charge in [-0.15, -0.1) is 0 Å². The molecule has 0 bridgehead atoms. The van der Waals surface area contributed by atoms with Crippen molar-refractivity contribution in [3.63, 3.8) is 0 Å². The van der Waals surface area contributed by atoms with Crippen LogP contribution >= 0.6 is 0 Å². The molecule has 2 N–H and O–H groups in total. The van der Waals surface area contributed by atoms with E-state index in [1.807, 2.05) is 48.5 Å². The van der Waals surface area contributed by atoms with E-state index < -0.39 is 0 Å². The van der Waals surface area contributed by atoms with Crippen LogP contribution in [0.1, 0.15) is 30.1 Å². The molecule has 1 heterocycles. The van der Waals surface area contributed by atoms with Gasteiger partial charge in [0.2, 0.25) is 0 Å². The molecule has 5 heteroatoms. The molecule has 1 amide bonds. The van der Waals surface area contributed by atoms with E-state index in [2.05, 4.69) is 29.5 Å². The fourth-order valence-electron chi connectivity index (χ4n) is 3.74. The zero-order chi connectivity index (χ0) is 19.3. The van der Waals surface area contributed by atoms with Crippen LogP contribution in [0, 0.1) is 5.41 Å². The maximum absolute atomic E-state index is 12.8. The van der Waals surface area contributed by atoms with Crippen LogP contribution in [0.15, 0.2) is 48.5 Å². The summed E-state index contributed by atoms with van der Waals surface area (Å²) in [6.07, 6.45) is 2.32. The molecular formula is C22H29N3O2. The summed E-state index contributed by atoms with van der Waals surface area (Å²) in [6.45, 7) is 5.09. The Kier molecular flexibility index (Phi) is 6.01. The number of rotatable bonds is 6. The van der Waals surface area contributed by atoms with Gasteiger partial charge in [0, 0.05) is 18.8 Å². The Morgan fingerprint density at radius 3 is 2.63 bits per heavy atom. The number of nitrogens with one attached hydrogen (secondary N) is 2. The van der Waals surface area contributed by atoms with E-state index in [4.69, 9.17) is 4.74 Å². The Balaban J connectivity index is 1.68. The minimum atomic E-state index is -0.0407. The Hall–Kier alpha value is -2.53. The summed E-state index contributed by atoms with van der Waals surface area (Å²) in [5.41, 5.74) is 2.49. The number of carbonyl (C=O) groups is 1. The Labute approximate surface area is 161 Å². The SMILES string of the molecule is COc1ccc(Nc2ccccc2C(=O)NC[C@]2(C)CCCN(C)C2)cc1. The van der Waals surface area contributed by atoms with E-state index in [1.54, 1.807) is 7.11 Å². The largest absolute Gasteiger partial charge is 0.497 e. The number of ether oxygens (including phenoxy) is 1. The van der Waals surface area contributed by atoms with Gasteiger partial charge in [-0.2, -0.15) is 0 Å². The highest BCUT2D eigenvalue weighted by Crippen LogP contribution is 2.28. The first-order valence-corrected chi connectivity index (χ1v) is 9.46. The molecule has 0 saturated carbocycles. The second-order valence-electron chi connectivity index (χ2n) is 7.73. The lowest BCUT2D eigenvalue weighted by Crippen LogP contribution is -2.46. The predicted octanol–water partition coefficient (Wildman–Crippen LogP) is 3.90. The Morgan fingerprint density at radius 1 is 1.19 bits per heavy atom. The minimum absolute atomic E-state index is 0.0407. The molecule has 0 aliphatic carbocycles. The minimum Gasteiger partial charge on any atom is -0.497 e. The fourth-order valence-corrected chi connectivity index (χ4v) is 3.74. The summed E-state index contributed by atoms with van der Waals surface area (Å²) in [4.78, 5) is 15.2. The average Bonchev–Trinajstić information content (AvgIpc) is 2.67. The fraction of sp³-hybridized carbons (Fsp3) is 0.409. The van der Waals surface area contributed by atoms with E-state index in [-0.39, 0.29) is 11.3 Å². The molecule has 5 nitrogen and oxygen atoms in total. The molecule has 1 atom stereocenters. The van der Waals surface area contributed by atoms with Crippen LogP contribution in [0.25, 0.3) is 0 Å². The Morgan fingerprint density at radius 2 is 1.93 bits per heavy atom. The highest BCUT2D eigenvalue weighted by atomic mass is 16.5. The van der Waals surface area contributed by atoms with Gasteiger partial charge in [0.1, 0.15) is 5.75 Å². The van der Waals surface area contributed by atoms with Crippen LogP contribution in [0.5, 0.6) is 5.75 Å². The number of likely N-dealkylation sites (tertiary alicyclic amines) is 1. The van der Waals surface area contributed by atoms with Crippen molar-refractivity contribution in [3.8, 4) is 5.75 Å². The summed E-state index contributed by atoms with van der Waals surface area (Å²) in [7, 11) is 3.79. The Bertz CT molecular complexity index is 775. The molecule has 144 valence electrons. The van der Waals surface area contributed by atoms with Crippen LogP contribution in [-0.4, -0.2) is 44.6 Å². The number of amides is 1. The lowest BCUT2D eigenvalue weighted by molar-refractivity contribution is 0.0874. The molecule has 1 fully saturated rings. The lowest BCUT2D eigenvalue weighted by atomic mass is 9.82. The smallest absolute Gasteiger partial charge is 0.253 e. The molecule has 0 aromatic heterocycles. The lowest BCUT2D eigenvalue weighted by Gasteiger charge is -2.38. The third-order valence-corrected chi connectivity index (χ3v) is 5.19. The van der Waals surface area contributed by atoms with Crippen molar-refractivity contribution in [2.24, 2.45) is 5.41 Å². The van der Waals surface area contributed by atoms with Crippen LogP contribution in [0.3, 0.4) is 0 Å². The van der Waals surface area contributed by atoms with Crippen LogP contribution in [-0.2, 0) is 0 Å². The number of piperidine rings is 1. The van der Waals surface area contributed by atoms with Gasteiger partial charge >= 0.3 is 0 Å². The van der Waals surface area contributed by atoms with Crippen LogP contribution in [0.4, 0.5) is 11.4 Å². The molecule has 1 aliphatic rings. The zero-order valence-corrected chi connectivity index (χ0v) is 16.4. The molecule has 2 aromatic carbocycles. The summed E-state index contributed by atoms with van der Waals surface area (Å²) in [6, 6.07) is 15.3. The van der Waals surface area contributed by atoms with Gasteiger partial charge < -0.3 is 20.3 Å². The van der Waals surface area contributed by atoms with Crippen molar-refractivity contribution in [3.05, 3.63) is 54.1 Å². The average molecular weight is 367 g/mol. The molecule has 2 aromatic rings. The quantitative estimate of drug-likeness (QED) is 0.813. The van der Waals surface area contributed by atoms with Crippen molar-refractivity contribution in [2.45, 2.75) is 19.8 Å². The second kappa shape index (κ2) is 8.44. The van der Waals surface area contributed by atoms with Gasteiger partial charge in [-0.1, -0.05) is 19.1 Å². The highest BCUT2D eigenvalue weighted by Gasteiger charge is 2.30. The normalized spacial score (nSPS) is 20.1. The van der Waals surface area contributed by atoms with Crippen molar-refractivity contribution in [1.82, 2.24) is 10.2 Å². The molecule has 1 aliphatic heterocycles. The number of hydrogen-bond donors (Lipinski definition) is 2. The first kappa shape index (κ1) is 19.2. The van der Waals surface area contributed by atoms with E-state index in [1.165, 1.54) is 6.42 Å². The summed E-state index contributed by atoms with van der Waals surface area (Å²) < 4.78 is 5.19. The predicted molar refractivity (Wildman–Crippen MR) is 110 cm³/mol. The van der Waals surface area contributed by atoms with E-state index in [0.717, 1.165) is 36.6 Å². The van der Waals surface area contributed by atoms with E-state index in [0.29, 0.717) is 12.1 Å². The molecule has 0 radical (unpaired) electrons. The first-order valence-electron chi connectivity index (χ1n) is 9.46. The molecule has 0 spiro atoms. The van der Waals surface area contributed by atoms with Crippen molar-refractivity contribution >= 4 is 17.3 Å². The number of hydrogen-bond acceptors (Lipinski definition) is 4. The van der Waals surface area contributed by atoms with Crippen molar-refractivity contribution in [1.29, 1.82) is 0 Å². The number of anilines is 2. The number of carbonyl (C=O) groups excluding carboxylic acids is 1. The monoisotopic (exact) mass is 367 g/mol. The van der Waals surface area contributed by atoms with Crippen LogP contribution in [0.2, 0.25) is 0 Å². The van der Waals surface area contributed by atoms with Crippen LogP contribution < -0.4 is 15.4 Å². The number of para-hydroxylation sites is 1. The molecule has 1 saturated heterocycles. The number of methoxy groups -OCH3 is 1. The first-order chi connectivity index (χ1) is 13.0. The molecule has 0 unspecified atom stereocenters. The topological polar surface area (TPSA) is 53.6 Å². The summed E-state index contributed by atoms with van der Waals surface area (Å²) in [5, 5.41) is 6.48. The molecule has 27 heavy (non-hydrogen) atoms. The van der Waals surface area contributed by atoms with Gasteiger partial charge in [0.05, 0.1) is 18.4 Å². The van der Waals surface area contributed by atoms with Gasteiger partial charge in [0.25, 0.3) is 5.91 Å². The van der Waals surface area contributed by atoms with E-state index >= 15 is 0 Å². The maximum Gasteiger partial charge on any atom is 0.253 e. The zero-order valence-electron chi connectivity index (χ0n) is 16.4. The summed E-state index contributed by atoms with van der Waals surface area (Å²) >= 11 is 0. The third-order valence-electron chi connectivity index (χ3n) is 5.19. The maximum atomic E-state index is 12.8. The van der Waals surface area contributed by atoms with Gasteiger partial charge in [-0.3, -0.25) is 4.79 Å². The van der Waals surface area contributed by atoms with Gasteiger partial charge in [-0.05, 0) is 68.2 Å². The van der Waals surface area contributed by atoms with E-state index in [9.17, 15) is 4.79 Å². The summed E-state index contributed by atoms with van der Waals surface area (Å²) in [5.74, 6) is 0.762. The number of nitrogens with zero attached hydrogens (tertiary/aromatic N) is 1. The number of benzene rings is 2. The van der Waals surface area contributed by atoms with Gasteiger partial charge in [0.15, 0.2) is 0 Å². The third kappa shape index (κ3) is 5.01. The van der Waals surface area contributed by atoms with Crippen molar-refractivity contribution in [2.75, 3.05) is 39.1 Å².